The molecule has 0 unspecified atom stereocenters. The third kappa shape index (κ3) is 4.77. The van der Waals surface area contributed by atoms with E-state index < -0.39 is 22.8 Å². The number of anilines is 1. The van der Waals surface area contributed by atoms with Gasteiger partial charge in [0.15, 0.2) is 0 Å². The monoisotopic (exact) mass is 424 g/mol. The van der Waals surface area contributed by atoms with E-state index in [0.29, 0.717) is 5.56 Å². The number of nitro groups is 1. The van der Waals surface area contributed by atoms with Gasteiger partial charge in [-0.2, -0.15) is 5.10 Å². The molecule has 0 aliphatic heterocycles. The van der Waals surface area contributed by atoms with Gasteiger partial charge in [0.1, 0.15) is 28.3 Å². The number of hydrogen-bond acceptors (Lipinski definition) is 9. The molecule has 1 N–H and O–H groups in total. The number of carbonyl (C=O) groups excluding carboxylic acids is 3. The summed E-state index contributed by atoms with van der Waals surface area (Å²) in [5, 5.41) is 17.4. The zero-order valence-corrected chi connectivity index (χ0v) is 17.1. The van der Waals surface area contributed by atoms with Crippen LogP contribution in [0.2, 0.25) is 0 Å². The standard InChI is InChI=1S/C17H20N4O7S/c1-5-27-16(23)13-9(3)14(17(24)28-6-2)29-15(13)19-12(22)8-20-10(4)11(7-18-20)21(25)26/h7H,5-6,8H2,1-4H3,(H,19,22). The van der Waals surface area contributed by atoms with Gasteiger partial charge in [-0.15, -0.1) is 11.3 Å². The molecule has 12 heteroatoms. The summed E-state index contributed by atoms with van der Waals surface area (Å²) in [6, 6.07) is 0. The van der Waals surface area contributed by atoms with E-state index in [2.05, 4.69) is 10.4 Å². The Morgan fingerprint density at radius 3 is 2.38 bits per heavy atom. The number of nitrogens with one attached hydrogen (secondary N) is 1. The first-order chi connectivity index (χ1) is 13.7. The molecular weight excluding hydrogens is 404 g/mol. The number of carbonyl (C=O) groups is 3. The smallest absolute Gasteiger partial charge is 0.348 e. The number of aromatic nitrogens is 2. The fraction of sp³-hybridized carbons (Fsp3) is 0.412. The van der Waals surface area contributed by atoms with Crippen LogP contribution >= 0.6 is 11.3 Å². The number of thiophene rings is 1. The van der Waals surface area contributed by atoms with E-state index in [-0.39, 0.29) is 46.6 Å². The largest absolute Gasteiger partial charge is 0.462 e. The number of esters is 2. The lowest BCUT2D eigenvalue weighted by Crippen LogP contribution is -2.21. The fourth-order valence-electron chi connectivity index (χ4n) is 2.52. The number of amides is 1. The van der Waals surface area contributed by atoms with Crippen molar-refractivity contribution >= 4 is 39.9 Å². The molecule has 0 spiro atoms. The molecule has 1 amide bonds. The SMILES string of the molecule is CCOC(=O)c1sc(NC(=O)Cn2ncc([N+](=O)[O-])c2C)c(C(=O)OCC)c1C. The first-order valence-electron chi connectivity index (χ1n) is 8.65. The summed E-state index contributed by atoms with van der Waals surface area (Å²) in [6.45, 7) is 6.28. The molecule has 2 rings (SSSR count). The Morgan fingerprint density at radius 2 is 1.83 bits per heavy atom. The summed E-state index contributed by atoms with van der Waals surface area (Å²) in [4.78, 5) is 47.4. The van der Waals surface area contributed by atoms with Crippen molar-refractivity contribution < 1.29 is 28.8 Å². The molecule has 0 aromatic carbocycles. The Morgan fingerprint density at radius 1 is 1.21 bits per heavy atom. The third-order valence-electron chi connectivity index (χ3n) is 3.91. The molecule has 0 atom stereocenters. The van der Waals surface area contributed by atoms with Crippen molar-refractivity contribution in [3.05, 3.63) is 38.0 Å². The van der Waals surface area contributed by atoms with Crippen molar-refractivity contribution in [2.45, 2.75) is 34.2 Å². The molecule has 2 aromatic rings. The van der Waals surface area contributed by atoms with Crippen LogP contribution in [0.25, 0.3) is 0 Å². The van der Waals surface area contributed by atoms with E-state index >= 15 is 0 Å². The van der Waals surface area contributed by atoms with E-state index in [4.69, 9.17) is 9.47 Å². The van der Waals surface area contributed by atoms with Gasteiger partial charge in [0, 0.05) is 0 Å². The number of rotatable bonds is 8. The summed E-state index contributed by atoms with van der Waals surface area (Å²) in [5.41, 5.74) is 0.413. The zero-order valence-electron chi connectivity index (χ0n) is 16.3. The molecule has 0 aliphatic carbocycles. The highest BCUT2D eigenvalue weighted by atomic mass is 32.1. The van der Waals surface area contributed by atoms with E-state index in [1.165, 1.54) is 11.6 Å². The van der Waals surface area contributed by atoms with Gasteiger partial charge in [0.25, 0.3) is 0 Å². The van der Waals surface area contributed by atoms with Crippen molar-refractivity contribution in [3.8, 4) is 0 Å². The van der Waals surface area contributed by atoms with Gasteiger partial charge in [-0.3, -0.25) is 19.6 Å². The summed E-state index contributed by atoms with van der Waals surface area (Å²) in [5.74, 6) is -1.87. The normalized spacial score (nSPS) is 10.5. The Kier molecular flexibility index (Phi) is 7.04. The Labute approximate surface area is 169 Å². The maximum atomic E-state index is 12.5. The van der Waals surface area contributed by atoms with Crippen LogP contribution in [-0.4, -0.2) is 45.8 Å². The van der Waals surface area contributed by atoms with Gasteiger partial charge in [-0.1, -0.05) is 0 Å². The Bertz CT molecular complexity index is 963. The molecule has 2 aromatic heterocycles. The Hall–Kier alpha value is -3.28. The van der Waals surface area contributed by atoms with Gasteiger partial charge in [-0.05, 0) is 33.3 Å². The molecule has 0 bridgehead atoms. The van der Waals surface area contributed by atoms with Gasteiger partial charge in [0.05, 0.1) is 23.7 Å². The molecule has 0 fully saturated rings. The van der Waals surface area contributed by atoms with Crippen LogP contribution < -0.4 is 5.32 Å². The second-order valence-electron chi connectivity index (χ2n) is 5.78. The van der Waals surface area contributed by atoms with Crippen LogP contribution in [0.15, 0.2) is 6.20 Å². The van der Waals surface area contributed by atoms with Crippen molar-refractivity contribution in [2.24, 2.45) is 0 Å². The summed E-state index contributed by atoms with van der Waals surface area (Å²) >= 11 is 0.896. The van der Waals surface area contributed by atoms with Gasteiger partial charge >= 0.3 is 17.6 Å². The van der Waals surface area contributed by atoms with Crippen LogP contribution in [0.3, 0.4) is 0 Å². The number of hydrogen-bond donors (Lipinski definition) is 1. The van der Waals surface area contributed by atoms with Crippen molar-refractivity contribution in [1.82, 2.24) is 9.78 Å². The van der Waals surface area contributed by atoms with E-state index in [1.54, 1.807) is 20.8 Å². The molecule has 156 valence electrons. The number of ether oxygens (including phenoxy) is 2. The van der Waals surface area contributed by atoms with Gasteiger partial charge < -0.3 is 14.8 Å². The highest BCUT2D eigenvalue weighted by Gasteiger charge is 2.27. The van der Waals surface area contributed by atoms with Crippen molar-refractivity contribution in [3.63, 3.8) is 0 Å². The zero-order chi connectivity index (χ0) is 21.7. The van der Waals surface area contributed by atoms with Gasteiger partial charge in [0.2, 0.25) is 5.91 Å². The minimum atomic E-state index is -0.682. The van der Waals surface area contributed by atoms with Crippen LogP contribution in [0.1, 0.15) is 45.1 Å². The van der Waals surface area contributed by atoms with Crippen LogP contribution in [0, 0.1) is 24.0 Å². The highest BCUT2D eigenvalue weighted by molar-refractivity contribution is 7.18. The quantitative estimate of drug-likeness (QED) is 0.387. The lowest BCUT2D eigenvalue weighted by Gasteiger charge is -2.08. The van der Waals surface area contributed by atoms with E-state index in [1.807, 2.05) is 0 Å². The maximum absolute atomic E-state index is 12.5. The van der Waals surface area contributed by atoms with E-state index in [0.717, 1.165) is 17.5 Å². The average molecular weight is 424 g/mol. The minimum Gasteiger partial charge on any atom is -0.462 e. The van der Waals surface area contributed by atoms with Gasteiger partial charge in [-0.25, -0.2) is 9.59 Å². The first-order valence-corrected chi connectivity index (χ1v) is 9.47. The highest BCUT2D eigenvalue weighted by Crippen LogP contribution is 2.34. The van der Waals surface area contributed by atoms with Crippen molar-refractivity contribution in [1.29, 1.82) is 0 Å². The molecule has 29 heavy (non-hydrogen) atoms. The second-order valence-corrected chi connectivity index (χ2v) is 6.80. The molecule has 0 saturated heterocycles. The molecule has 0 saturated carbocycles. The predicted octanol–water partition coefficient (Wildman–Crippen LogP) is 2.46. The molecule has 11 nitrogen and oxygen atoms in total. The average Bonchev–Trinajstić information content (AvgIpc) is 3.15. The fourth-order valence-corrected chi connectivity index (χ4v) is 3.62. The molecule has 0 aliphatic rings. The molecule has 2 heterocycles. The summed E-state index contributed by atoms with van der Waals surface area (Å²) in [6.07, 6.45) is 1.06. The summed E-state index contributed by atoms with van der Waals surface area (Å²) in [7, 11) is 0. The topological polar surface area (TPSA) is 143 Å². The molecular formula is C17H20N4O7S. The summed E-state index contributed by atoms with van der Waals surface area (Å²) < 4.78 is 11.2. The lowest BCUT2D eigenvalue weighted by atomic mass is 10.1. The first kappa shape index (κ1) is 22.0. The van der Waals surface area contributed by atoms with E-state index in [9.17, 15) is 24.5 Å². The lowest BCUT2D eigenvalue weighted by molar-refractivity contribution is -0.385. The van der Waals surface area contributed by atoms with Crippen molar-refractivity contribution in [2.75, 3.05) is 18.5 Å². The predicted molar refractivity (Wildman–Crippen MR) is 103 cm³/mol. The third-order valence-corrected chi connectivity index (χ3v) is 5.09. The Balaban J connectivity index is 2.31. The van der Waals surface area contributed by atoms with Crippen LogP contribution in [0.5, 0.6) is 0 Å². The van der Waals surface area contributed by atoms with Crippen LogP contribution in [-0.2, 0) is 20.8 Å². The van der Waals surface area contributed by atoms with Crippen LogP contribution in [0.4, 0.5) is 10.7 Å². The second kappa shape index (κ2) is 9.28. The maximum Gasteiger partial charge on any atom is 0.348 e. The molecule has 0 radical (unpaired) electrons. The minimum absolute atomic E-state index is 0.0661. The number of nitrogens with zero attached hydrogens (tertiary/aromatic N) is 3.